The first-order chi connectivity index (χ1) is 18.5. The Morgan fingerprint density at radius 2 is 1.62 bits per heavy atom. The third-order valence-corrected chi connectivity index (χ3v) is 6.63. The van der Waals surface area contributed by atoms with Crippen molar-refractivity contribution in [1.82, 2.24) is 0 Å². The molecular formula is C29H20F8O2. The van der Waals surface area contributed by atoms with Gasteiger partial charge in [-0.25, -0.2) is 26.3 Å². The van der Waals surface area contributed by atoms with Gasteiger partial charge in [0.25, 0.3) is 0 Å². The molecule has 1 atom stereocenters. The van der Waals surface area contributed by atoms with Gasteiger partial charge in [0.15, 0.2) is 29.1 Å². The van der Waals surface area contributed by atoms with Crippen molar-refractivity contribution in [2.24, 2.45) is 0 Å². The lowest BCUT2D eigenvalue weighted by atomic mass is 9.95. The van der Waals surface area contributed by atoms with Crippen molar-refractivity contribution in [3.63, 3.8) is 0 Å². The van der Waals surface area contributed by atoms with Crippen LogP contribution in [0.2, 0.25) is 0 Å². The maximum absolute atomic E-state index is 15.0. The second-order valence-electron chi connectivity index (χ2n) is 9.27. The summed E-state index contributed by atoms with van der Waals surface area (Å²) >= 11 is 0. The van der Waals surface area contributed by atoms with Gasteiger partial charge in [-0.2, -0.15) is 8.78 Å². The third kappa shape index (κ3) is 4.88. The van der Waals surface area contributed by atoms with E-state index in [9.17, 15) is 26.3 Å². The van der Waals surface area contributed by atoms with E-state index in [0.717, 1.165) is 6.07 Å². The molecule has 0 fully saturated rings. The van der Waals surface area contributed by atoms with Gasteiger partial charge < -0.3 is 9.47 Å². The Labute approximate surface area is 217 Å². The molecule has 0 bridgehead atoms. The lowest BCUT2D eigenvalue weighted by molar-refractivity contribution is -0.235. The fraction of sp³-hybridized carbons (Fsp3) is 0.241. The minimum absolute atomic E-state index is 0.0250. The predicted molar refractivity (Wildman–Crippen MR) is 128 cm³/mol. The number of ether oxygens (including phenoxy) is 2. The van der Waals surface area contributed by atoms with Gasteiger partial charge in [-0.15, -0.1) is 0 Å². The Bertz CT molecular complexity index is 1580. The summed E-state index contributed by atoms with van der Waals surface area (Å²) in [6.45, 7) is 1.85. The summed E-state index contributed by atoms with van der Waals surface area (Å²) in [5.74, 6) is -9.30. The SMILES string of the molecule is CCCc1ccc(-c2ccc3c(c2)CCC(C(F)(F)Oc2cc(F)c4c(F)c(F)c(F)cc4c2)O3)c(F)c1F. The van der Waals surface area contributed by atoms with Crippen molar-refractivity contribution in [3.8, 4) is 22.6 Å². The Hall–Kier alpha value is -3.82. The smallest absolute Gasteiger partial charge is 0.435 e. The van der Waals surface area contributed by atoms with E-state index in [4.69, 9.17) is 4.74 Å². The van der Waals surface area contributed by atoms with Crippen molar-refractivity contribution in [3.05, 3.63) is 94.6 Å². The highest BCUT2D eigenvalue weighted by Gasteiger charge is 2.46. The molecule has 4 aromatic rings. The van der Waals surface area contributed by atoms with Crippen LogP contribution in [-0.4, -0.2) is 12.2 Å². The Kier molecular flexibility index (Phi) is 6.90. The van der Waals surface area contributed by atoms with Crippen LogP contribution in [0, 0.1) is 34.9 Å². The summed E-state index contributed by atoms with van der Waals surface area (Å²) in [4.78, 5) is 0. The number of alkyl halides is 2. The number of halogens is 8. The zero-order valence-corrected chi connectivity index (χ0v) is 20.4. The van der Waals surface area contributed by atoms with Gasteiger partial charge >= 0.3 is 6.11 Å². The summed E-state index contributed by atoms with van der Waals surface area (Å²) in [5, 5.41) is -1.41. The molecule has 1 aliphatic rings. The van der Waals surface area contributed by atoms with E-state index in [-0.39, 0.29) is 29.7 Å². The molecule has 39 heavy (non-hydrogen) atoms. The average molecular weight is 552 g/mol. The minimum Gasteiger partial charge on any atom is -0.480 e. The molecule has 0 spiro atoms. The Morgan fingerprint density at radius 1 is 0.846 bits per heavy atom. The van der Waals surface area contributed by atoms with Crippen LogP contribution in [0.5, 0.6) is 11.5 Å². The van der Waals surface area contributed by atoms with Crippen LogP contribution < -0.4 is 9.47 Å². The normalized spacial score (nSPS) is 15.3. The average Bonchev–Trinajstić information content (AvgIpc) is 2.89. The molecule has 0 aliphatic carbocycles. The van der Waals surface area contributed by atoms with E-state index in [1.54, 1.807) is 0 Å². The Morgan fingerprint density at radius 3 is 2.36 bits per heavy atom. The lowest BCUT2D eigenvalue weighted by Crippen LogP contribution is -2.45. The van der Waals surface area contributed by atoms with Gasteiger partial charge in [0.1, 0.15) is 17.3 Å². The standard InChI is InChI=1S/C29H20F8O2/c1-2-3-14-4-7-19(26(33)25(14)32)15-5-8-22-16(10-15)6-9-23(38-22)29(36,37)39-18-11-17-12-21(31)27(34)28(35)24(17)20(30)13-18/h4-5,7-8,10-13,23H,2-3,6,9H2,1H3. The van der Waals surface area contributed by atoms with Crippen LogP contribution in [0.1, 0.15) is 30.9 Å². The second-order valence-corrected chi connectivity index (χ2v) is 9.27. The van der Waals surface area contributed by atoms with Gasteiger partial charge in [0, 0.05) is 11.6 Å². The van der Waals surface area contributed by atoms with Crippen molar-refractivity contribution in [2.45, 2.75) is 44.8 Å². The maximum Gasteiger partial charge on any atom is 0.435 e. The summed E-state index contributed by atoms with van der Waals surface area (Å²) < 4.78 is 125. The molecule has 5 rings (SSSR count). The van der Waals surface area contributed by atoms with Crippen LogP contribution in [0.15, 0.2) is 48.5 Å². The molecule has 2 nitrogen and oxygen atoms in total. The highest BCUT2D eigenvalue weighted by molar-refractivity contribution is 5.85. The number of fused-ring (bicyclic) bond motifs is 2. The minimum atomic E-state index is -4.00. The molecule has 4 aromatic carbocycles. The van der Waals surface area contributed by atoms with Gasteiger partial charge in [-0.05, 0) is 65.6 Å². The van der Waals surface area contributed by atoms with E-state index >= 15 is 8.78 Å². The van der Waals surface area contributed by atoms with Crippen LogP contribution in [-0.2, 0) is 12.8 Å². The largest absolute Gasteiger partial charge is 0.480 e. The van der Waals surface area contributed by atoms with Crippen molar-refractivity contribution in [2.75, 3.05) is 0 Å². The molecule has 0 aromatic heterocycles. The molecule has 0 radical (unpaired) electrons. The zero-order chi connectivity index (χ0) is 28.1. The highest BCUT2D eigenvalue weighted by Crippen LogP contribution is 2.39. The van der Waals surface area contributed by atoms with E-state index < -0.39 is 63.6 Å². The molecular weight excluding hydrogens is 532 g/mol. The van der Waals surface area contributed by atoms with E-state index in [1.807, 2.05) is 6.92 Å². The zero-order valence-electron chi connectivity index (χ0n) is 20.4. The Balaban J connectivity index is 1.37. The van der Waals surface area contributed by atoms with E-state index in [0.29, 0.717) is 36.1 Å². The van der Waals surface area contributed by atoms with E-state index in [2.05, 4.69) is 4.74 Å². The summed E-state index contributed by atoms with van der Waals surface area (Å²) in [6.07, 6.45) is -4.96. The van der Waals surface area contributed by atoms with Gasteiger partial charge in [-0.3, -0.25) is 0 Å². The highest BCUT2D eigenvalue weighted by atomic mass is 19.3. The maximum atomic E-state index is 15.0. The summed E-state index contributed by atoms with van der Waals surface area (Å²) in [6, 6.07) is 8.96. The number of hydrogen-bond donors (Lipinski definition) is 0. The second kappa shape index (κ2) is 10.1. The van der Waals surface area contributed by atoms with E-state index in [1.165, 1.54) is 30.3 Å². The fourth-order valence-electron chi connectivity index (χ4n) is 4.71. The third-order valence-electron chi connectivity index (χ3n) is 6.63. The molecule has 0 saturated heterocycles. The monoisotopic (exact) mass is 552 g/mol. The number of hydrogen-bond acceptors (Lipinski definition) is 2. The van der Waals surface area contributed by atoms with Crippen LogP contribution in [0.4, 0.5) is 35.1 Å². The lowest BCUT2D eigenvalue weighted by Gasteiger charge is -2.32. The van der Waals surface area contributed by atoms with Crippen LogP contribution in [0.3, 0.4) is 0 Å². The van der Waals surface area contributed by atoms with Crippen LogP contribution in [0.25, 0.3) is 21.9 Å². The van der Waals surface area contributed by atoms with Crippen molar-refractivity contribution >= 4 is 10.8 Å². The molecule has 204 valence electrons. The molecule has 1 aliphatic heterocycles. The fourth-order valence-corrected chi connectivity index (χ4v) is 4.71. The topological polar surface area (TPSA) is 18.5 Å². The quantitative estimate of drug-likeness (QED) is 0.176. The summed E-state index contributed by atoms with van der Waals surface area (Å²) in [7, 11) is 0. The molecule has 0 N–H and O–H groups in total. The van der Waals surface area contributed by atoms with Gasteiger partial charge in [0.2, 0.25) is 6.10 Å². The summed E-state index contributed by atoms with van der Waals surface area (Å²) in [5.41, 5.74) is 1.12. The number of aryl methyl sites for hydroxylation is 2. The molecule has 0 amide bonds. The van der Waals surface area contributed by atoms with Gasteiger partial charge in [-0.1, -0.05) is 31.5 Å². The van der Waals surface area contributed by atoms with Crippen molar-refractivity contribution in [1.29, 1.82) is 0 Å². The van der Waals surface area contributed by atoms with Crippen molar-refractivity contribution < 1.29 is 44.6 Å². The number of benzene rings is 4. The molecule has 10 heteroatoms. The molecule has 0 saturated carbocycles. The first-order valence-corrected chi connectivity index (χ1v) is 12.1. The number of rotatable bonds is 6. The molecule has 1 heterocycles. The first kappa shape index (κ1) is 26.8. The predicted octanol–water partition coefficient (Wildman–Crippen LogP) is 8.66. The molecule has 1 unspecified atom stereocenters. The first-order valence-electron chi connectivity index (χ1n) is 12.1. The van der Waals surface area contributed by atoms with Gasteiger partial charge in [0.05, 0.1) is 5.39 Å². The van der Waals surface area contributed by atoms with Crippen LogP contribution >= 0.6 is 0 Å².